The van der Waals surface area contributed by atoms with E-state index in [1.807, 2.05) is 43.3 Å². The molecule has 1 unspecified atom stereocenters. The molecule has 0 spiro atoms. The zero-order valence-electron chi connectivity index (χ0n) is 17.8. The van der Waals surface area contributed by atoms with Crippen LogP contribution in [0.3, 0.4) is 0 Å². The third-order valence-electron chi connectivity index (χ3n) is 5.43. The quantitative estimate of drug-likeness (QED) is 0.443. The standard InChI is InChI=1S/C23H25Cl2N5OS/c1-16(17-9-10-19(24)20(25)13-17)26-22(31)15-32-23-28-27-21(14-29-11-5-6-12-29)30(23)18-7-3-2-4-8-18/h2-4,7-10,13,16H,5-6,11-12,14-15H2,1H3,(H,26,31). The number of amides is 1. The van der Waals surface area contributed by atoms with Crippen LogP contribution in [0.25, 0.3) is 5.69 Å². The first kappa shape index (κ1) is 23.1. The molecule has 1 aliphatic rings. The molecule has 9 heteroatoms. The number of halogens is 2. The molecule has 6 nitrogen and oxygen atoms in total. The molecule has 1 aliphatic heterocycles. The predicted molar refractivity (Wildman–Crippen MR) is 130 cm³/mol. The van der Waals surface area contributed by atoms with Crippen molar-refractivity contribution in [1.29, 1.82) is 0 Å². The fraction of sp³-hybridized carbons (Fsp3) is 0.348. The molecule has 1 saturated heterocycles. The Labute approximate surface area is 202 Å². The van der Waals surface area contributed by atoms with E-state index in [0.29, 0.717) is 15.2 Å². The van der Waals surface area contributed by atoms with Crippen molar-refractivity contribution < 1.29 is 4.79 Å². The number of benzene rings is 2. The van der Waals surface area contributed by atoms with Crippen molar-refractivity contribution in [1.82, 2.24) is 25.0 Å². The Kier molecular flexibility index (Phi) is 7.73. The summed E-state index contributed by atoms with van der Waals surface area (Å²) in [5, 5.41) is 13.5. The summed E-state index contributed by atoms with van der Waals surface area (Å²) in [7, 11) is 0. The van der Waals surface area contributed by atoms with Gasteiger partial charge < -0.3 is 5.32 Å². The molecule has 3 aromatic rings. The molecule has 0 radical (unpaired) electrons. The van der Waals surface area contributed by atoms with Gasteiger partial charge >= 0.3 is 0 Å². The maximum atomic E-state index is 12.6. The second-order valence-corrected chi connectivity index (χ2v) is 9.56. The Balaban J connectivity index is 1.44. The van der Waals surface area contributed by atoms with Crippen molar-refractivity contribution in [2.24, 2.45) is 0 Å². The fourth-order valence-electron chi connectivity index (χ4n) is 3.75. The van der Waals surface area contributed by atoms with Crippen molar-refractivity contribution in [3.05, 3.63) is 70.0 Å². The van der Waals surface area contributed by atoms with Crippen LogP contribution in [-0.4, -0.2) is 44.4 Å². The summed E-state index contributed by atoms with van der Waals surface area (Å²) in [5.74, 6) is 1.04. The summed E-state index contributed by atoms with van der Waals surface area (Å²) in [5.41, 5.74) is 1.90. The SMILES string of the molecule is CC(NC(=O)CSc1nnc(CN2CCCC2)n1-c1ccccc1)c1ccc(Cl)c(Cl)c1. The number of hydrogen-bond acceptors (Lipinski definition) is 5. The van der Waals surface area contributed by atoms with E-state index in [4.69, 9.17) is 23.2 Å². The first-order chi connectivity index (χ1) is 15.5. The molecule has 32 heavy (non-hydrogen) atoms. The maximum absolute atomic E-state index is 12.6. The second kappa shape index (κ2) is 10.7. The molecule has 1 aromatic heterocycles. The lowest BCUT2D eigenvalue weighted by Gasteiger charge is -2.16. The van der Waals surface area contributed by atoms with E-state index in [9.17, 15) is 4.79 Å². The summed E-state index contributed by atoms with van der Waals surface area (Å²) < 4.78 is 2.05. The van der Waals surface area contributed by atoms with Gasteiger partial charge in [0.15, 0.2) is 11.0 Å². The monoisotopic (exact) mass is 489 g/mol. The lowest BCUT2D eigenvalue weighted by molar-refractivity contribution is -0.119. The number of rotatable bonds is 8. The minimum Gasteiger partial charge on any atom is -0.349 e. The topological polar surface area (TPSA) is 63.1 Å². The molecule has 0 aliphatic carbocycles. The number of nitrogens with one attached hydrogen (secondary N) is 1. The van der Waals surface area contributed by atoms with Crippen molar-refractivity contribution in [2.75, 3.05) is 18.8 Å². The average Bonchev–Trinajstić information content (AvgIpc) is 3.45. The van der Waals surface area contributed by atoms with Gasteiger partial charge in [-0.05, 0) is 62.7 Å². The van der Waals surface area contributed by atoms with E-state index in [1.165, 1.54) is 24.6 Å². The molecule has 4 rings (SSSR count). The lowest BCUT2D eigenvalue weighted by Crippen LogP contribution is -2.28. The molecule has 1 atom stereocenters. The summed E-state index contributed by atoms with van der Waals surface area (Å²) in [6.45, 7) is 4.84. The lowest BCUT2D eigenvalue weighted by atomic mass is 10.1. The maximum Gasteiger partial charge on any atom is 0.230 e. The van der Waals surface area contributed by atoms with E-state index in [0.717, 1.165) is 36.7 Å². The molecule has 2 aromatic carbocycles. The van der Waals surface area contributed by atoms with Crippen LogP contribution >= 0.6 is 35.0 Å². The summed E-state index contributed by atoms with van der Waals surface area (Å²) in [6, 6.07) is 15.2. The molecule has 1 N–H and O–H groups in total. The highest BCUT2D eigenvalue weighted by atomic mass is 35.5. The number of likely N-dealkylation sites (tertiary alicyclic amines) is 1. The fourth-order valence-corrected chi connectivity index (χ4v) is 4.84. The Morgan fingerprint density at radius 2 is 1.84 bits per heavy atom. The first-order valence-electron chi connectivity index (χ1n) is 10.6. The van der Waals surface area contributed by atoms with E-state index in [1.54, 1.807) is 12.1 Å². The number of para-hydroxylation sites is 1. The van der Waals surface area contributed by atoms with Gasteiger partial charge in [-0.1, -0.05) is 59.2 Å². The van der Waals surface area contributed by atoms with Crippen LogP contribution in [0.1, 0.15) is 37.2 Å². The van der Waals surface area contributed by atoms with Gasteiger partial charge in [0, 0.05) is 5.69 Å². The van der Waals surface area contributed by atoms with E-state index < -0.39 is 0 Å². The van der Waals surface area contributed by atoms with Crippen LogP contribution in [0.5, 0.6) is 0 Å². The van der Waals surface area contributed by atoms with E-state index >= 15 is 0 Å². The molecular formula is C23H25Cl2N5OS. The van der Waals surface area contributed by atoms with Gasteiger partial charge in [0.2, 0.25) is 5.91 Å². The number of carbonyl (C=O) groups excluding carboxylic acids is 1. The molecule has 1 amide bonds. The molecular weight excluding hydrogens is 465 g/mol. The number of thioether (sulfide) groups is 1. The van der Waals surface area contributed by atoms with Crippen LogP contribution in [0.15, 0.2) is 53.7 Å². The van der Waals surface area contributed by atoms with Crippen molar-refractivity contribution in [3.8, 4) is 5.69 Å². The van der Waals surface area contributed by atoms with Crippen molar-refractivity contribution in [3.63, 3.8) is 0 Å². The molecule has 0 saturated carbocycles. The second-order valence-electron chi connectivity index (χ2n) is 7.80. The highest BCUT2D eigenvalue weighted by molar-refractivity contribution is 7.99. The van der Waals surface area contributed by atoms with Crippen LogP contribution < -0.4 is 5.32 Å². The normalized spacial score (nSPS) is 15.1. The van der Waals surface area contributed by atoms with Gasteiger partial charge in [0.1, 0.15) is 0 Å². The molecule has 168 valence electrons. The summed E-state index contributed by atoms with van der Waals surface area (Å²) in [4.78, 5) is 15.0. The minimum absolute atomic E-state index is 0.0859. The Bertz CT molecular complexity index is 1070. The van der Waals surface area contributed by atoms with Crippen LogP contribution in [-0.2, 0) is 11.3 Å². The molecule has 2 heterocycles. The number of aromatic nitrogens is 3. The first-order valence-corrected chi connectivity index (χ1v) is 12.3. The van der Waals surface area contributed by atoms with Gasteiger partial charge in [-0.2, -0.15) is 0 Å². The van der Waals surface area contributed by atoms with E-state index in [2.05, 4.69) is 25.0 Å². The highest BCUT2D eigenvalue weighted by Crippen LogP contribution is 2.26. The highest BCUT2D eigenvalue weighted by Gasteiger charge is 2.20. The number of carbonyl (C=O) groups is 1. The van der Waals surface area contributed by atoms with Gasteiger partial charge in [-0.3, -0.25) is 14.3 Å². The molecule has 1 fully saturated rings. The van der Waals surface area contributed by atoms with Gasteiger partial charge in [0.25, 0.3) is 0 Å². The number of nitrogens with zero attached hydrogens (tertiary/aromatic N) is 4. The Hall–Kier alpha value is -2.06. The summed E-state index contributed by atoms with van der Waals surface area (Å²) >= 11 is 13.5. The third kappa shape index (κ3) is 5.64. The van der Waals surface area contributed by atoms with Crippen molar-refractivity contribution >= 4 is 40.9 Å². The Morgan fingerprint density at radius 1 is 1.09 bits per heavy atom. The predicted octanol–water partition coefficient (Wildman–Crippen LogP) is 5.14. The van der Waals surface area contributed by atoms with Crippen LogP contribution in [0.2, 0.25) is 10.0 Å². The van der Waals surface area contributed by atoms with Crippen LogP contribution in [0, 0.1) is 0 Å². The summed E-state index contributed by atoms with van der Waals surface area (Å²) in [6.07, 6.45) is 2.44. The number of hydrogen-bond donors (Lipinski definition) is 1. The molecule has 0 bridgehead atoms. The largest absolute Gasteiger partial charge is 0.349 e. The van der Waals surface area contributed by atoms with Gasteiger partial charge in [0.05, 0.1) is 28.4 Å². The van der Waals surface area contributed by atoms with Gasteiger partial charge in [-0.15, -0.1) is 10.2 Å². The third-order valence-corrected chi connectivity index (χ3v) is 7.10. The van der Waals surface area contributed by atoms with E-state index in [-0.39, 0.29) is 17.7 Å². The minimum atomic E-state index is -0.185. The Morgan fingerprint density at radius 3 is 2.56 bits per heavy atom. The van der Waals surface area contributed by atoms with Gasteiger partial charge in [-0.25, -0.2) is 0 Å². The zero-order chi connectivity index (χ0) is 22.5. The average molecular weight is 490 g/mol. The van der Waals surface area contributed by atoms with Crippen molar-refractivity contribution in [2.45, 2.75) is 37.5 Å². The van der Waals surface area contributed by atoms with Crippen LogP contribution in [0.4, 0.5) is 0 Å². The zero-order valence-corrected chi connectivity index (χ0v) is 20.1. The smallest absolute Gasteiger partial charge is 0.230 e.